The summed E-state index contributed by atoms with van der Waals surface area (Å²) in [5.74, 6) is 1.76. The zero-order valence-corrected chi connectivity index (χ0v) is 10.9. The Morgan fingerprint density at radius 2 is 2.00 bits per heavy atom. The summed E-state index contributed by atoms with van der Waals surface area (Å²) in [6, 6.07) is 5.85. The van der Waals surface area contributed by atoms with Crippen molar-refractivity contribution in [1.29, 1.82) is 0 Å². The second-order valence-electron chi connectivity index (χ2n) is 3.72. The van der Waals surface area contributed by atoms with Gasteiger partial charge < -0.3 is 9.47 Å². The molecule has 1 aromatic rings. The molecule has 0 aliphatic carbocycles. The van der Waals surface area contributed by atoms with Crippen LogP contribution in [0.1, 0.15) is 25.3 Å². The predicted octanol–water partition coefficient (Wildman–Crippen LogP) is 3.65. The van der Waals surface area contributed by atoms with Gasteiger partial charge in [-0.1, -0.05) is 6.92 Å². The average molecular weight is 243 g/mol. The Kier molecular flexibility index (Phi) is 5.47. The molecule has 0 spiro atoms. The van der Waals surface area contributed by atoms with Gasteiger partial charge in [-0.3, -0.25) is 0 Å². The zero-order valence-electron chi connectivity index (χ0n) is 10.1. The van der Waals surface area contributed by atoms with Crippen LogP contribution in [0.2, 0.25) is 0 Å². The average Bonchev–Trinajstić information content (AvgIpc) is 2.35. The van der Waals surface area contributed by atoms with E-state index in [-0.39, 0.29) is 5.38 Å². The van der Waals surface area contributed by atoms with Crippen LogP contribution in [0, 0.1) is 0 Å². The molecule has 1 rings (SSSR count). The van der Waals surface area contributed by atoms with Gasteiger partial charge in [0, 0.05) is 5.38 Å². The highest BCUT2D eigenvalue weighted by atomic mass is 35.5. The molecule has 1 aromatic carbocycles. The van der Waals surface area contributed by atoms with E-state index in [4.69, 9.17) is 21.1 Å². The van der Waals surface area contributed by atoms with Gasteiger partial charge in [-0.2, -0.15) is 0 Å². The molecular formula is C13H19ClO2. The summed E-state index contributed by atoms with van der Waals surface area (Å²) >= 11 is 6.11. The fraction of sp³-hybridized carbons (Fsp3) is 0.538. The second-order valence-corrected chi connectivity index (χ2v) is 4.34. The van der Waals surface area contributed by atoms with E-state index < -0.39 is 0 Å². The Bertz CT molecular complexity index is 326. The van der Waals surface area contributed by atoms with Crippen molar-refractivity contribution in [2.75, 3.05) is 14.2 Å². The first-order valence-corrected chi connectivity index (χ1v) is 5.99. The molecule has 0 N–H and O–H groups in total. The molecule has 90 valence electrons. The number of ether oxygens (including phenoxy) is 2. The maximum absolute atomic E-state index is 6.11. The van der Waals surface area contributed by atoms with Gasteiger partial charge in [0.05, 0.1) is 14.2 Å². The van der Waals surface area contributed by atoms with Crippen molar-refractivity contribution in [3.63, 3.8) is 0 Å². The van der Waals surface area contributed by atoms with Crippen LogP contribution in [-0.2, 0) is 6.42 Å². The summed E-state index contributed by atoms with van der Waals surface area (Å²) in [7, 11) is 3.35. The minimum Gasteiger partial charge on any atom is -0.497 e. The Hall–Kier alpha value is -0.890. The van der Waals surface area contributed by atoms with Crippen molar-refractivity contribution in [3.8, 4) is 11.5 Å². The van der Waals surface area contributed by atoms with Gasteiger partial charge in [0.1, 0.15) is 11.5 Å². The second kappa shape index (κ2) is 6.64. The van der Waals surface area contributed by atoms with E-state index >= 15 is 0 Å². The van der Waals surface area contributed by atoms with Crippen LogP contribution in [0.15, 0.2) is 18.2 Å². The monoisotopic (exact) mass is 242 g/mol. The predicted molar refractivity (Wildman–Crippen MR) is 67.8 cm³/mol. The number of hydrogen-bond donors (Lipinski definition) is 0. The quantitative estimate of drug-likeness (QED) is 0.709. The normalized spacial score (nSPS) is 12.2. The highest BCUT2D eigenvalue weighted by Gasteiger charge is 2.07. The highest BCUT2D eigenvalue weighted by molar-refractivity contribution is 6.20. The van der Waals surface area contributed by atoms with E-state index in [9.17, 15) is 0 Å². The maximum atomic E-state index is 6.11. The van der Waals surface area contributed by atoms with Crippen molar-refractivity contribution >= 4 is 11.6 Å². The van der Waals surface area contributed by atoms with Crippen LogP contribution in [0.25, 0.3) is 0 Å². The topological polar surface area (TPSA) is 18.5 Å². The molecule has 0 radical (unpaired) electrons. The van der Waals surface area contributed by atoms with Crippen molar-refractivity contribution in [2.45, 2.75) is 31.6 Å². The SMILES string of the molecule is CCC(Cl)CCc1cc(OC)ccc1OC. The molecule has 0 amide bonds. The lowest BCUT2D eigenvalue weighted by Gasteiger charge is -2.11. The lowest BCUT2D eigenvalue weighted by molar-refractivity contribution is 0.398. The molecule has 0 aromatic heterocycles. The Balaban J connectivity index is 2.75. The largest absolute Gasteiger partial charge is 0.497 e. The molecule has 0 heterocycles. The third kappa shape index (κ3) is 3.60. The summed E-state index contributed by atoms with van der Waals surface area (Å²) in [4.78, 5) is 0. The first-order chi connectivity index (χ1) is 7.71. The smallest absolute Gasteiger partial charge is 0.122 e. The Morgan fingerprint density at radius 1 is 1.25 bits per heavy atom. The molecular weight excluding hydrogens is 224 g/mol. The number of rotatable bonds is 6. The van der Waals surface area contributed by atoms with Crippen molar-refractivity contribution in [3.05, 3.63) is 23.8 Å². The molecule has 0 aliphatic rings. The van der Waals surface area contributed by atoms with Gasteiger partial charge in [-0.25, -0.2) is 0 Å². The molecule has 16 heavy (non-hydrogen) atoms. The summed E-state index contributed by atoms with van der Waals surface area (Å²) in [6.45, 7) is 2.10. The molecule has 1 unspecified atom stereocenters. The molecule has 0 aliphatic heterocycles. The van der Waals surface area contributed by atoms with E-state index in [0.717, 1.165) is 36.3 Å². The highest BCUT2D eigenvalue weighted by Crippen LogP contribution is 2.26. The molecule has 2 nitrogen and oxygen atoms in total. The van der Waals surface area contributed by atoms with E-state index in [0.29, 0.717) is 0 Å². The fourth-order valence-corrected chi connectivity index (χ4v) is 1.70. The maximum Gasteiger partial charge on any atom is 0.122 e. The first kappa shape index (κ1) is 13.2. The number of benzene rings is 1. The zero-order chi connectivity index (χ0) is 12.0. The summed E-state index contributed by atoms with van der Waals surface area (Å²) in [5, 5.41) is 0.232. The van der Waals surface area contributed by atoms with Gasteiger partial charge in [-0.15, -0.1) is 11.6 Å². The molecule has 0 saturated carbocycles. The number of halogens is 1. The first-order valence-electron chi connectivity index (χ1n) is 5.56. The van der Waals surface area contributed by atoms with Crippen LogP contribution in [0.3, 0.4) is 0 Å². The van der Waals surface area contributed by atoms with Gasteiger partial charge >= 0.3 is 0 Å². The van der Waals surface area contributed by atoms with Gasteiger partial charge in [-0.05, 0) is 43.0 Å². The van der Waals surface area contributed by atoms with Crippen LogP contribution in [0.4, 0.5) is 0 Å². The van der Waals surface area contributed by atoms with Crippen LogP contribution in [-0.4, -0.2) is 19.6 Å². The summed E-state index contributed by atoms with van der Waals surface area (Å²) in [5.41, 5.74) is 1.15. The molecule has 0 bridgehead atoms. The number of alkyl halides is 1. The van der Waals surface area contributed by atoms with Crippen LogP contribution < -0.4 is 9.47 Å². The fourth-order valence-electron chi connectivity index (χ4n) is 1.59. The molecule has 3 heteroatoms. The van der Waals surface area contributed by atoms with E-state index in [1.807, 2.05) is 18.2 Å². The van der Waals surface area contributed by atoms with Crippen LogP contribution >= 0.6 is 11.6 Å². The third-order valence-electron chi connectivity index (χ3n) is 2.66. The third-order valence-corrected chi connectivity index (χ3v) is 3.18. The standard InChI is InChI=1S/C13H19ClO2/c1-4-11(14)6-5-10-9-12(15-2)7-8-13(10)16-3/h7-9,11H,4-6H2,1-3H3. The Morgan fingerprint density at radius 3 is 2.56 bits per heavy atom. The minimum atomic E-state index is 0.232. The molecule has 0 saturated heterocycles. The van der Waals surface area contributed by atoms with Gasteiger partial charge in [0.2, 0.25) is 0 Å². The molecule has 1 atom stereocenters. The van der Waals surface area contributed by atoms with E-state index in [1.54, 1.807) is 14.2 Å². The van der Waals surface area contributed by atoms with E-state index in [2.05, 4.69) is 6.92 Å². The molecule has 0 fully saturated rings. The minimum absolute atomic E-state index is 0.232. The van der Waals surface area contributed by atoms with Crippen LogP contribution in [0.5, 0.6) is 11.5 Å². The number of methoxy groups -OCH3 is 2. The lowest BCUT2D eigenvalue weighted by atomic mass is 10.1. The van der Waals surface area contributed by atoms with Crippen molar-refractivity contribution in [2.24, 2.45) is 0 Å². The summed E-state index contributed by atoms with van der Waals surface area (Å²) in [6.07, 6.45) is 2.87. The van der Waals surface area contributed by atoms with E-state index in [1.165, 1.54) is 0 Å². The van der Waals surface area contributed by atoms with Crippen molar-refractivity contribution < 1.29 is 9.47 Å². The van der Waals surface area contributed by atoms with Crippen molar-refractivity contribution in [1.82, 2.24) is 0 Å². The summed E-state index contributed by atoms with van der Waals surface area (Å²) < 4.78 is 10.5. The van der Waals surface area contributed by atoms with Gasteiger partial charge in [0.15, 0.2) is 0 Å². The number of aryl methyl sites for hydroxylation is 1. The van der Waals surface area contributed by atoms with Gasteiger partial charge in [0.25, 0.3) is 0 Å². The lowest BCUT2D eigenvalue weighted by Crippen LogP contribution is -2.00. The number of hydrogen-bond acceptors (Lipinski definition) is 2. The Labute approximate surface area is 103 Å².